The first-order valence-corrected chi connectivity index (χ1v) is 8.24. The molecular formula is C20H25NO3. The van der Waals surface area contributed by atoms with Crippen LogP contribution in [0.1, 0.15) is 33.3 Å². The summed E-state index contributed by atoms with van der Waals surface area (Å²) in [4.78, 5) is 14.0. The van der Waals surface area contributed by atoms with Gasteiger partial charge in [0.2, 0.25) is 0 Å². The molecule has 0 fully saturated rings. The molecule has 2 rings (SSSR count). The Hall–Kier alpha value is -2.49. The number of amides is 1. The normalized spacial score (nSPS) is 10.8. The molecular weight excluding hydrogens is 302 g/mol. The maximum Gasteiger partial charge on any atom is 0.415 e. The van der Waals surface area contributed by atoms with Gasteiger partial charge in [0.05, 0.1) is 0 Å². The van der Waals surface area contributed by atoms with Crippen molar-refractivity contribution in [2.45, 2.75) is 46.4 Å². The van der Waals surface area contributed by atoms with Gasteiger partial charge >= 0.3 is 6.09 Å². The fourth-order valence-electron chi connectivity index (χ4n) is 2.52. The summed E-state index contributed by atoms with van der Waals surface area (Å²) in [7, 11) is 0. The van der Waals surface area contributed by atoms with E-state index in [2.05, 4.69) is 0 Å². The van der Waals surface area contributed by atoms with Crippen molar-refractivity contribution in [3.8, 4) is 11.5 Å². The summed E-state index contributed by atoms with van der Waals surface area (Å²) >= 11 is 0. The number of ether oxygens (including phenoxy) is 2. The molecule has 4 nitrogen and oxygen atoms in total. The van der Waals surface area contributed by atoms with Crippen LogP contribution in [0.2, 0.25) is 0 Å². The van der Waals surface area contributed by atoms with Crippen LogP contribution in [0.5, 0.6) is 11.5 Å². The molecule has 0 aliphatic heterocycles. The Kier molecular flexibility index (Phi) is 6.24. The van der Waals surface area contributed by atoms with E-state index >= 15 is 0 Å². The molecule has 2 aromatic rings. The fourth-order valence-corrected chi connectivity index (χ4v) is 2.52. The number of carbonyl (C=O) groups excluding carboxylic acids is 1. The van der Waals surface area contributed by atoms with E-state index in [0.29, 0.717) is 12.4 Å². The Labute approximate surface area is 144 Å². The standard InChI is InChI=1S/C20H25NO3/c1-15(2)21(16(3)4)20(22)24-19-12-10-18(11-13-19)23-14-17-8-6-5-7-9-17/h5-13,15-16H,14H2,1-4H3. The molecule has 0 N–H and O–H groups in total. The average Bonchev–Trinajstić information content (AvgIpc) is 2.54. The molecule has 24 heavy (non-hydrogen) atoms. The Morgan fingerprint density at radius 3 is 1.96 bits per heavy atom. The van der Waals surface area contributed by atoms with Gasteiger partial charge in [-0.15, -0.1) is 0 Å². The molecule has 0 atom stereocenters. The minimum Gasteiger partial charge on any atom is -0.489 e. The summed E-state index contributed by atoms with van der Waals surface area (Å²) in [6.45, 7) is 8.40. The molecule has 0 aromatic heterocycles. The molecule has 0 saturated carbocycles. The van der Waals surface area contributed by atoms with Crippen LogP contribution in [-0.4, -0.2) is 23.1 Å². The van der Waals surface area contributed by atoms with Crippen LogP contribution < -0.4 is 9.47 Å². The van der Waals surface area contributed by atoms with Crippen molar-refractivity contribution in [1.29, 1.82) is 0 Å². The number of hydrogen-bond donors (Lipinski definition) is 0. The van der Waals surface area contributed by atoms with Crippen molar-refractivity contribution in [2.24, 2.45) is 0 Å². The highest BCUT2D eigenvalue weighted by atomic mass is 16.6. The second-order valence-electron chi connectivity index (χ2n) is 6.21. The molecule has 2 aromatic carbocycles. The lowest BCUT2D eigenvalue weighted by Gasteiger charge is -2.29. The van der Waals surface area contributed by atoms with Gasteiger partial charge in [-0.2, -0.15) is 0 Å². The van der Waals surface area contributed by atoms with Gasteiger partial charge in [-0.1, -0.05) is 30.3 Å². The number of hydrogen-bond acceptors (Lipinski definition) is 3. The van der Waals surface area contributed by atoms with Gasteiger partial charge in [0, 0.05) is 12.1 Å². The lowest BCUT2D eigenvalue weighted by molar-refractivity contribution is 0.122. The molecule has 0 bridgehead atoms. The van der Waals surface area contributed by atoms with E-state index in [-0.39, 0.29) is 18.2 Å². The molecule has 0 heterocycles. The first-order chi connectivity index (χ1) is 11.5. The number of benzene rings is 2. The Bertz CT molecular complexity index is 628. The first-order valence-electron chi connectivity index (χ1n) is 8.24. The third-order valence-electron chi connectivity index (χ3n) is 3.60. The molecule has 0 radical (unpaired) electrons. The topological polar surface area (TPSA) is 38.8 Å². The highest BCUT2D eigenvalue weighted by Crippen LogP contribution is 2.20. The monoisotopic (exact) mass is 327 g/mol. The number of rotatable bonds is 6. The van der Waals surface area contributed by atoms with Crippen LogP contribution in [0.25, 0.3) is 0 Å². The lowest BCUT2D eigenvalue weighted by atomic mass is 10.2. The third kappa shape index (κ3) is 5.01. The molecule has 0 unspecified atom stereocenters. The maximum absolute atomic E-state index is 12.3. The van der Waals surface area contributed by atoms with Crippen LogP contribution in [0.3, 0.4) is 0 Å². The van der Waals surface area contributed by atoms with Crippen LogP contribution in [0.4, 0.5) is 4.79 Å². The van der Waals surface area contributed by atoms with Gasteiger partial charge in [0.15, 0.2) is 0 Å². The van der Waals surface area contributed by atoms with E-state index in [0.717, 1.165) is 11.3 Å². The van der Waals surface area contributed by atoms with Crippen molar-refractivity contribution < 1.29 is 14.3 Å². The Morgan fingerprint density at radius 2 is 1.42 bits per heavy atom. The molecule has 0 aliphatic carbocycles. The molecule has 0 aliphatic rings. The average molecular weight is 327 g/mol. The van der Waals surface area contributed by atoms with Gasteiger partial charge in [0.25, 0.3) is 0 Å². The van der Waals surface area contributed by atoms with Gasteiger partial charge in [-0.25, -0.2) is 4.79 Å². The zero-order chi connectivity index (χ0) is 17.5. The van der Waals surface area contributed by atoms with E-state index in [1.165, 1.54) is 0 Å². The van der Waals surface area contributed by atoms with E-state index in [1.807, 2.05) is 58.0 Å². The summed E-state index contributed by atoms with van der Waals surface area (Å²) in [5, 5.41) is 0. The van der Waals surface area contributed by atoms with Crippen molar-refractivity contribution in [3.63, 3.8) is 0 Å². The van der Waals surface area contributed by atoms with Crippen LogP contribution in [0.15, 0.2) is 54.6 Å². The van der Waals surface area contributed by atoms with E-state index in [4.69, 9.17) is 9.47 Å². The van der Waals surface area contributed by atoms with Crippen molar-refractivity contribution in [2.75, 3.05) is 0 Å². The molecule has 1 amide bonds. The Balaban J connectivity index is 1.93. The molecule has 128 valence electrons. The van der Waals surface area contributed by atoms with Crippen molar-refractivity contribution >= 4 is 6.09 Å². The highest BCUT2D eigenvalue weighted by Gasteiger charge is 2.21. The minimum absolute atomic E-state index is 0.0889. The summed E-state index contributed by atoms with van der Waals surface area (Å²) in [5.74, 6) is 1.25. The van der Waals surface area contributed by atoms with E-state index < -0.39 is 0 Å². The fraction of sp³-hybridized carbons (Fsp3) is 0.350. The van der Waals surface area contributed by atoms with Crippen LogP contribution in [0, 0.1) is 0 Å². The second kappa shape index (κ2) is 8.39. The summed E-state index contributed by atoms with van der Waals surface area (Å²) in [6, 6.07) is 17.3. The lowest BCUT2D eigenvalue weighted by Crippen LogP contribution is -2.43. The zero-order valence-corrected chi connectivity index (χ0v) is 14.7. The van der Waals surface area contributed by atoms with Crippen molar-refractivity contribution in [1.82, 2.24) is 4.90 Å². The van der Waals surface area contributed by atoms with Gasteiger partial charge in [-0.3, -0.25) is 0 Å². The zero-order valence-electron chi connectivity index (χ0n) is 14.7. The number of carbonyl (C=O) groups is 1. The minimum atomic E-state index is -0.335. The summed E-state index contributed by atoms with van der Waals surface area (Å²) in [6.07, 6.45) is -0.335. The number of nitrogens with zero attached hydrogens (tertiary/aromatic N) is 1. The van der Waals surface area contributed by atoms with Gasteiger partial charge < -0.3 is 14.4 Å². The first kappa shape index (κ1) is 17.9. The quantitative estimate of drug-likeness (QED) is 0.759. The Morgan fingerprint density at radius 1 is 0.875 bits per heavy atom. The van der Waals surface area contributed by atoms with Crippen LogP contribution in [-0.2, 0) is 6.61 Å². The van der Waals surface area contributed by atoms with Gasteiger partial charge in [-0.05, 0) is 57.5 Å². The molecule has 4 heteroatoms. The summed E-state index contributed by atoms with van der Waals surface area (Å²) in [5.41, 5.74) is 1.11. The predicted octanol–water partition coefficient (Wildman–Crippen LogP) is 4.88. The van der Waals surface area contributed by atoms with Crippen molar-refractivity contribution in [3.05, 3.63) is 60.2 Å². The van der Waals surface area contributed by atoms with Gasteiger partial charge in [0.1, 0.15) is 18.1 Å². The smallest absolute Gasteiger partial charge is 0.415 e. The maximum atomic E-state index is 12.3. The van der Waals surface area contributed by atoms with E-state index in [1.54, 1.807) is 29.2 Å². The predicted molar refractivity (Wildman–Crippen MR) is 95.4 cm³/mol. The molecule has 0 spiro atoms. The van der Waals surface area contributed by atoms with E-state index in [9.17, 15) is 4.79 Å². The van der Waals surface area contributed by atoms with Crippen LogP contribution >= 0.6 is 0 Å². The SMILES string of the molecule is CC(C)N(C(=O)Oc1ccc(OCc2ccccc2)cc1)C(C)C. The molecule has 0 saturated heterocycles. The second-order valence-corrected chi connectivity index (χ2v) is 6.21. The largest absolute Gasteiger partial charge is 0.489 e. The highest BCUT2D eigenvalue weighted by molar-refractivity contribution is 5.71. The summed E-state index contributed by atoms with van der Waals surface area (Å²) < 4.78 is 11.2. The third-order valence-corrected chi connectivity index (χ3v) is 3.60.